The van der Waals surface area contributed by atoms with E-state index in [0.717, 1.165) is 31.1 Å². The number of rotatable bonds is 9. The van der Waals surface area contributed by atoms with E-state index in [1.807, 2.05) is 51.7 Å². The summed E-state index contributed by atoms with van der Waals surface area (Å²) in [5, 5.41) is 0.751. The third kappa shape index (κ3) is 9.33. The van der Waals surface area contributed by atoms with Gasteiger partial charge in [0.2, 0.25) is 0 Å². The first-order valence-corrected chi connectivity index (χ1v) is 13.4. The molecule has 0 N–H and O–H groups in total. The van der Waals surface area contributed by atoms with Crippen LogP contribution in [0.5, 0.6) is 0 Å². The minimum atomic E-state index is -0.610. The molecule has 0 aliphatic carbocycles. The number of halogens is 1. The van der Waals surface area contributed by atoms with Gasteiger partial charge in [-0.25, -0.2) is 4.79 Å². The molecule has 0 saturated carbocycles. The molecule has 1 aliphatic rings. The molecular formula is C29H40ClN3O4. The lowest BCUT2D eigenvalue weighted by Gasteiger charge is -2.35. The fourth-order valence-corrected chi connectivity index (χ4v) is 4.23. The lowest BCUT2D eigenvalue weighted by molar-refractivity contribution is 0.0526. The average Bonchev–Trinajstić information content (AvgIpc) is 2.85. The maximum atomic E-state index is 13.1. The second kappa shape index (κ2) is 13.3. The summed E-state index contributed by atoms with van der Waals surface area (Å²) in [6, 6.07) is 15.1. The Hall–Kier alpha value is -2.61. The van der Waals surface area contributed by atoms with Crippen LogP contribution >= 0.6 is 11.6 Å². The van der Waals surface area contributed by atoms with Gasteiger partial charge in [-0.1, -0.05) is 23.7 Å². The van der Waals surface area contributed by atoms with E-state index in [2.05, 4.69) is 17.0 Å². The number of anilines is 1. The quantitative estimate of drug-likeness (QED) is 0.429. The molecular weight excluding hydrogens is 490 g/mol. The summed E-state index contributed by atoms with van der Waals surface area (Å²) in [5.41, 5.74) is 1.94. The SMILES string of the molecule is CC(C)OCCN(C(=O)OC(C)(C)C)c1ccc(C(=O)N2CCN(CCc3ccc(Cl)cc3)CC2)cc1. The Morgan fingerprint density at radius 1 is 0.973 bits per heavy atom. The molecule has 2 amide bonds. The summed E-state index contributed by atoms with van der Waals surface area (Å²) >= 11 is 5.97. The molecule has 1 fully saturated rings. The van der Waals surface area contributed by atoms with Crippen LogP contribution in [0.15, 0.2) is 48.5 Å². The molecule has 0 atom stereocenters. The van der Waals surface area contributed by atoms with Crippen LogP contribution in [-0.4, -0.2) is 79.4 Å². The first-order valence-electron chi connectivity index (χ1n) is 13.0. The maximum absolute atomic E-state index is 13.1. The highest BCUT2D eigenvalue weighted by atomic mass is 35.5. The van der Waals surface area contributed by atoms with Crippen molar-refractivity contribution in [2.24, 2.45) is 0 Å². The summed E-state index contributed by atoms with van der Waals surface area (Å²) in [4.78, 5) is 31.8. The summed E-state index contributed by atoms with van der Waals surface area (Å²) in [5.74, 6) is 0.0101. The Bertz CT molecular complexity index is 1010. The van der Waals surface area contributed by atoms with Crippen LogP contribution in [0.3, 0.4) is 0 Å². The Morgan fingerprint density at radius 3 is 2.16 bits per heavy atom. The van der Waals surface area contributed by atoms with Gasteiger partial charge in [-0.2, -0.15) is 0 Å². The fraction of sp³-hybridized carbons (Fsp3) is 0.517. The summed E-state index contributed by atoms with van der Waals surface area (Å²) < 4.78 is 11.2. The highest BCUT2D eigenvalue weighted by molar-refractivity contribution is 6.30. The normalized spacial score (nSPS) is 14.6. The third-order valence-corrected chi connectivity index (χ3v) is 6.35. The van der Waals surface area contributed by atoms with Gasteiger partial charge < -0.3 is 14.4 Å². The van der Waals surface area contributed by atoms with E-state index < -0.39 is 11.7 Å². The second-order valence-electron chi connectivity index (χ2n) is 10.6. The van der Waals surface area contributed by atoms with Crippen LogP contribution in [0.1, 0.15) is 50.5 Å². The monoisotopic (exact) mass is 529 g/mol. The summed E-state index contributed by atoms with van der Waals surface area (Å²) in [7, 11) is 0. The molecule has 37 heavy (non-hydrogen) atoms. The van der Waals surface area contributed by atoms with E-state index in [1.54, 1.807) is 29.2 Å². The van der Waals surface area contributed by atoms with E-state index in [0.29, 0.717) is 37.5 Å². The van der Waals surface area contributed by atoms with Crippen LogP contribution in [-0.2, 0) is 15.9 Å². The minimum Gasteiger partial charge on any atom is -0.443 e. The number of hydrogen-bond acceptors (Lipinski definition) is 5. The number of hydrogen-bond donors (Lipinski definition) is 0. The van der Waals surface area contributed by atoms with Gasteiger partial charge in [0.15, 0.2) is 0 Å². The smallest absolute Gasteiger partial charge is 0.414 e. The van der Waals surface area contributed by atoms with Crippen molar-refractivity contribution < 1.29 is 19.1 Å². The first-order chi connectivity index (χ1) is 17.5. The van der Waals surface area contributed by atoms with E-state index in [9.17, 15) is 9.59 Å². The van der Waals surface area contributed by atoms with E-state index in [1.165, 1.54) is 5.56 Å². The van der Waals surface area contributed by atoms with E-state index >= 15 is 0 Å². The Kier molecular flexibility index (Phi) is 10.4. The molecule has 1 aliphatic heterocycles. The van der Waals surface area contributed by atoms with Gasteiger partial charge in [-0.15, -0.1) is 0 Å². The number of nitrogens with zero attached hydrogens (tertiary/aromatic N) is 3. The highest BCUT2D eigenvalue weighted by Crippen LogP contribution is 2.20. The molecule has 0 spiro atoms. The highest BCUT2D eigenvalue weighted by Gasteiger charge is 2.25. The lowest BCUT2D eigenvalue weighted by atomic mass is 10.1. The summed E-state index contributed by atoms with van der Waals surface area (Å²) in [6.45, 7) is 14.2. The van der Waals surface area contributed by atoms with Crippen molar-refractivity contribution in [3.63, 3.8) is 0 Å². The second-order valence-corrected chi connectivity index (χ2v) is 11.0. The first kappa shape index (κ1) is 29.0. The van der Waals surface area contributed by atoms with Crippen molar-refractivity contribution in [2.45, 2.75) is 52.7 Å². The number of benzene rings is 2. The molecule has 2 aromatic rings. The van der Waals surface area contributed by atoms with Gasteiger partial charge >= 0.3 is 6.09 Å². The summed E-state index contributed by atoms with van der Waals surface area (Å²) in [6.07, 6.45) is 0.593. The van der Waals surface area contributed by atoms with Crippen molar-refractivity contribution in [2.75, 3.05) is 50.8 Å². The average molecular weight is 530 g/mol. The largest absolute Gasteiger partial charge is 0.443 e. The predicted octanol–water partition coefficient (Wildman–Crippen LogP) is 5.51. The molecule has 3 rings (SSSR count). The zero-order chi connectivity index (χ0) is 27.0. The number of ether oxygens (including phenoxy) is 2. The number of carbonyl (C=O) groups is 2. The van der Waals surface area contributed by atoms with Crippen molar-refractivity contribution in [1.82, 2.24) is 9.80 Å². The molecule has 1 heterocycles. The van der Waals surface area contributed by atoms with E-state index in [4.69, 9.17) is 21.1 Å². The molecule has 7 nitrogen and oxygen atoms in total. The number of amides is 2. The third-order valence-electron chi connectivity index (χ3n) is 6.10. The van der Waals surface area contributed by atoms with Gasteiger partial charge in [0.05, 0.1) is 19.3 Å². The zero-order valence-corrected chi connectivity index (χ0v) is 23.5. The predicted molar refractivity (Wildman–Crippen MR) is 149 cm³/mol. The van der Waals surface area contributed by atoms with Crippen LogP contribution in [0, 0.1) is 0 Å². The van der Waals surface area contributed by atoms with Crippen LogP contribution in [0.4, 0.5) is 10.5 Å². The number of piperazine rings is 1. The van der Waals surface area contributed by atoms with Crippen molar-refractivity contribution in [3.8, 4) is 0 Å². The molecule has 1 saturated heterocycles. The van der Waals surface area contributed by atoms with Gasteiger partial charge in [0, 0.05) is 49.0 Å². The molecule has 2 aromatic carbocycles. The van der Waals surface area contributed by atoms with Gasteiger partial charge in [-0.3, -0.25) is 14.6 Å². The minimum absolute atomic E-state index is 0.0101. The fourth-order valence-electron chi connectivity index (χ4n) is 4.10. The van der Waals surface area contributed by atoms with Gasteiger partial charge in [0.25, 0.3) is 5.91 Å². The van der Waals surface area contributed by atoms with Gasteiger partial charge in [0.1, 0.15) is 5.60 Å². The number of carbonyl (C=O) groups excluding carboxylic acids is 2. The standard InChI is InChI=1S/C29H40ClN3O4/c1-22(2)36-21-20-33(28(35)37-29(3,4)5)26-12-8-24(9-13-26)27(34)32-18-16-31(17-19-32)15-14-23-6-10-25(30)11-7-23/h6-13,22H,14-21H2,1-5H3. The van der Waals surface area contributed by atoms with Crippen molar-refractivity contribution in [1.29, 1.82) is 0 Å². The van der Waals surface area contributed by atoms with Crippen LogP contribution in [0.2, 0.25) is 5.02 Å². The molecule has 202 valence electrons. The van der Waals surface area contributed by atoms with Gasteiger partial charge in [-0.05, 0) is 83.0 Å². The topological polar surface area (TPSA) is 62.3 Å². The molecule has 8 heteroatoms. The van der Waals surface area contributed by atoms with E-state index in [-0.39, 0.29) is 12.0 Å². The van der Waals surface area contributed by atoms with Crippen molar-refractivity contribution >= 4 is 29.3 Å². The Labute approximate surface area is 226 Å². The zero-order valence-electron chi connectivity index (χ0n) is 22.7. The van der Waals surface area contributed by atoms with Crippen LogP contribution < -0.4 is 4.90 Å². The molecule has 0 radical (unpaired) electrons. The lowest BCUT2D eigenvalue weighted by Crippen LogP contribution is -2.49. The Morgan fingerprint density at radius 2 is 1.59 bits per heavy atom. The maximum Gasteiger partial charge on any atom is 0.414 e. The van der Waals surface area contributed by atoms with Crippen molar-refractivity contribution in [3.05, 3.63) is 64.7 Å². The Balaban J connectivity index is 1.56. The molecule has 0 bridgehead atoms. The van der Waals surface area contributed by atoms with Crippen LogP contribution in [0.25, 0.3) is 0 Å². The molecule has 0 aromatic heterocycles. The molecule has 0 unspecified atom stereocenters.